The Morgan fingerprint density at radius 2 is 2.00 bits per heavy atom. The van der Waals surface area contributed by atoms with E-state index in [1.165, 1.54) is 4.31 Å². The summed E-state index contributed by atoms with van der Waals surface area (Å²) in [6.45, 7) is 1.96. The second-order valence-corrected chi connectivity index (χ2v) is 7.04. The molecular weight excluding hydrogens is 290 g/mol. The van der Waals surface area contributed by atoms with Crippen molar-refractivity contribution in [2.75, 3.05) is 6.61 Å². The average molecular weight is 307 g/mol. The van der Waals surface area contributed by atoms with Gasteiger partial charge in [0.05, 0.1) is 11.5 Å². The summed E-state index contributed by atoms with van der Waals surface area (Å²) in [4.78, 5) is 12.4. The molecule has 1 aliphatic carbocycles. The number of ether oxygens (including phenoxy) is 1. The number of carbonyl (C=O) groups excluding carboxylic acids is 1. The molecule has 3 rings (SSSR count). The fourth-order valence-corrected chi connectivity index (χ4v) is 4.87. The zero-order valence-electron chi connectivity index (χ0n) is 11.7. The van der Waals surface area contributed by atoms with Crippen molar-refractivity contribution in [3.63, 3.8) is 0 Å². The Labute approximate surface area is 124 Å². The molecule has 1 aromatic rings. The number of esters is 1. The maximum atomic E-state index is 12.8. The molecule has 0 spiro atoms. The van der Waals surface area contributed by atoms with Crippen molar-refractivity contribution in [1.29, 1.82) is 0 Å². The van der Waals surface area contributed by atoms with Crippen LogP contribution >= 0.6 is 0 Å². The highest BCUT2D eigenvalue weighted by Crippen LogP contribution is 2.41. The van der Waals surface area contributed by atoms with E-state index in [-0.39, 0.29) is 23.5 Å². The van der Waals surface area contributed by atoms with Gasteiger partial charge in [0.25, 0.3) is 0 Å². The molecule has 1 fully saturated rings. The van der Waals surface area contributed by atoms with Gasteiger partial charge in [-0.3, -0.25) is 4.79 Å². The first-order valence-electron chi connectivity index (χ1n) is 6.99. The minimum atomic E-state index is -3.70. The van der Waals surface area contributed by atoms with Crippen LogP contribution in [0.5, 0.6) is 0 Å². The van der Waals surface area contributed by atoms with Gasteiger partial charge >= 0.3 is 5.97 Å². The van der Waals surface area contributed by atoms with Crippen molar-refractivity contribution >= 4 is 16.0 Å². The summed E-state index contributed by atoms with van der Waals surface area (Å²) in [5.74, 6) is -0.554. The van der Waals surface area contributed by atoms with Gasteiger partial charge < -0.3 is 4.74 Å². The Hall–Kier alpha value is -1.66. The summed E-state index contributed by atoms with van der Waals surface area (Å²) in [5.41, 5.74) is 0. The van der Waals surface area contributed by atoms with Crippen LogP contribution in [0.3, 0.4) is 0 Å². The second-order valence-electron chi connectivity index (χ2n) is 5.20. The third kappa shape index (κ3) is 2.28. The van der Waals surface area contributed by atoms with E-state index in [2.05, 4.69) is 0 Å². The van der Waals surface area contributed by atoms with Gasteiger partial charge in [0.2, 0.25) is 10.0 Å². The first kappa shape index (κ1) is 14.3. The quantitative estimate of drug-likeness (QED) is 0.625. The standard InChI is InChI=1S/C15H17NO4S/c1-2-20-15(17)14-11-8-9-12(10-11)16(14)21(18,19)13-6-4-3-5-7-13/h3-9,11-12,14H,2,10H2,1H3/t11-,12+,14?/m0/s1. The zero-order chi connectivity index (χ0) is 15.0. The van der Waals surface area contributed by atoms with Crippen molar-refractivity contribution in [2.24, 2.45) is 5.92 Å². The number of sulfonamides is 1. The smallest absolute Gasteiger partial charge is 0.325 e. The van der Waals surface area contributed by atoms with Crippen molar-refractivity contribution in [1.82, 2.24) is 4.31 Å². The highest BCUT2D eigenvalue weighted by Gasteiger charge is 2.52. The average Bonchev–Trinajstić information content (AvgIpc) is 3.09. The minimum Gasteiger partial charge on any atom is -0.465 e. The van der Waals surface area contributed by atoms with Crippen molar-refractivity contribution in [3.8, 4) is 0 Å². The highest BCUT2D eigenvalue weighted by atomic mass is 32.2. The molecule has 1 aliphatic heterocycles. The first-order valence-corrected chi connectivity index (χ1v) is 8.43. The molecule has 0 saturated carbocycles. The van der Waals surface area contributed by atoms with E-state index in [1.807, 2.05) is 12.2 Å². The lowest BCUT2D eigenvalue weighted by molar-refractivity contribution is -0.148. The Bertz CT molecular complexity index is 668. The number of rotatable bonds is 4. The summed E-state index contributed by atoms with van der Waals surface area (Å²) in [5, 5.41) is 0. The van der Waals surface area contributed by atoms with Gasteiger partial charge in [-0.2, -0.15) is 4.31 Å². The molecule has 0 radical (unpaired) electrons. The van der Waals surface area contributed by atoms with Crippen molar-refractivity contribution in [2.45, 2.75) is 30.3 Å². The van der Waals surface area contributed by atoms with Gasteiger partial charge in [-0.15, -0.1) is 0 Å². The van der Waals surface area contributed by atoms with Gasteiger partial charge in [-0.05, 0) is 25.5 Å². The molecular formula is C15H17NO4S. The molecule has 0 N–H and O–H groups in total. The third-order valence-electron chi connectivity index (χ3n) is 3.95. The van der Waals surface area contributed by atoms with Gasteiger partial charge in [-0.25, -0.2) is 8.42 Å². The van der Waals surface area contributed by atoms with Crippen LogP contribution in [0.1, 0.15) is 13.3 Å². The van der Waals surface area contributed by atoms with Crippen LogP contribution in [0.15, 0.2) is 47.4 Å². The van der Waals surface area contributed by atoms with E-state index in [9.17, 15) is 13.2 Å². The molecule has 1 unspecified atom stereocenters. The summed E-state index contributed by atoms with van der Waals surface area (Å²) in [7, 11) is -3.70. The number of hydrogen-bond acceptors (Lipinski definition) is 4. The van der Waals surface area contributed by atoms with Crippen LogP contribution in [-0.2, 0) is 19.6 Å². The maximum Gasteiger partial charge on any atom is 0.325 e. The van der Waals surface area contributed by atoms with Crippen LogP contribution < -0.4 is 0 Å². The fourth-order valence-electron chi connectivity index (χ4n) is 3.07. The summed E-state index contributed by atoms with van der Waals surface area (Å²) >= 11 is 0. The van der Waals surface area contributed by atoms with Crippen LogP contribution in [0.4, 0.5) is 0 Å². The van der Waals surface area contributed by atoms with Gasteiger partial charge in [0.1, 0.15) is 6.04 Å². The Morgan fingerprint density at radius 1 is 1.29 bits per heavy atom. The molecule has 0 aromatic heterocycles. The lowest BCUT2D eigenvalue weighted by Gasteiger charge is -2.29. The number of nitrogens with zero attached hydrogens (tertiary/aromatic N) is 1. The molecule has 2 aliphatic rings. The molecule has 3 atom stereocenters. The predicted molar refractivity (Wildman–Crippen MR) is 76.9 cm³/mol. The third-order valence-corrected chi connectivity index (χ3v) is 5.87. The van der Waals surface area contributed by atoms with Crippen molar-refractivity contribution < 1.29 is 17.9 Å². The van der Waals surface area contributed by atoms with E-state index in [0.717, 1.165) is 0 Å². The highest BCUT2D eigenvalue weighted by molar-refractivity contribution is 7.89. The van der Waals surface area contributed by atoms with Crippen molar-refractivity contribution in [3.05, 3.63) is 42.5 Å². The number of fused-ring (bicyclic) bond motifs is 2. The van der Waals surface area contributed by atoms with E-state index < -0.39 is 22.0 Å². The predicted octanol–water partition coefficient (Wildman–Crippen LogP) is 1.57. The Balaban J connectivity index is 2.00. The lowest BCUT2D eigenvalue weighted by atomic mass is 10.0. The molecule has 1 saturated heterocycles. The molecule has 1 aromatic carbocycles. The van der Waals surface area contributed by atoms with Crippen LogP contribution in [0.25, 0.3) is 0 Å². The zero-order valence-corrected chi connectivity index (χ0v) is 12.5. The Morgan fingerprint density at radius 3 is 2.67 bits per heavy atom. The van der Waals surface area contributed by atoms with E-state index >= 15 is 0 Å². The number of hydrogen-bond donors (Lipinski definition) is 0. The van der Waals surface area contributed by atoms with Crippen LogP contribution in [-0.4, -0.2) is 37.4 Å². The largest absolute Gasteiger partial charge is 0.465 e. The molecule has 2 bridgehead atoms. The molecule has 112 valence electrons. The van der Waals surface area contributed by atoms with Gasteiger partial charge in [-0.1, -0.05) is 30.4 Å². The van der Waals surface area contributed by atoms with Gasteiger partial charge in [0, 0.05) is 12.0 Å². The number of carbonyl (C=O) groups is 1. The van der Waals surface area contributed by atoms with E-state index in [1.54, 1.807) is 37.3 Å². The Kier molecular flexibility index (Phi) is 3.59. The first-order chi connectivity index (χ1) is 10.1. The fraction of sp³-hybridized carbons (Fsp3) is 0.400. The molecule has 0 amide bonds. The molecule has 1 heterocycles. The molecule has 6 heteroatoms. The molecule has 5 nitrogen and oxygen atoms in total. The van der Waals surface area contributed by atoms with Crippen LogP contribution in [0.2, 0.25) is 0 Å². The van der Waals surface area contributed by atoms with E-state index in [0.29, 0.717) is 6.42 Å². The summed E-state index contributed by atoms with van der Waals surface area (Å²) in [6, 6.07) is 7.21. The SMILES string of the molecule is CCOC(=O)C1[C@H]2C=C[C@H](C2)N1S(=O)(=O)c1ccccc1. The topological polar surface area (TPSA) is 63.7 Å². The monoisotopic (exact) mass is 307 g/mol. The van der Waals surface area contributed by atoms with Gasteiger partial charge in [0.15, 0.2) is 0 Å². The normalized spacial score (nSPS) is 28.0. The summed E-state index contributed by atoms with van der Waals surface area (Å²) in [6.07, 6.45) is 4.43. The number of benzene rings is 1. The van der Waals surface area contributed by atoms with Crippen LogP contribution in [0, 0.1) is 5.92 Å². The summed E-state index contributed by atoms with van der Waals surface area (Å²) < 4.78 is 32.0. The maximum absolute atomic E-state index is 12.8. The lowest BCUT2D eigenvalue weighted by Crippen LogP contribution is -2.48. The second kappa shape index (κ2) is 5.27. The molecule has 21 heavy (non-hydrogen) atoms. The minimum absolute atomic E-state index is 0.0902. The van der Waals surface area contributed by atoms with E-state index in [4.69, 9.17) is 4.74 Å².